The van der Waals surface area contributed by atoms with Crippen LogP contribution in [0.3, 0.4) is 0 Å². The van der Waals surface area contributed by atoms with E-state index < -0.39 is 0 Å². The van der Waals surface area contributed by atoms with E-state index in [0.717, 1.165) is 11.4 Å². The zero-order valence-corrected chi connectivity index (χ0v) is 9.13. The molecule has 13 heavy (non-hydrogen) atoms. The van der Waals surface area contributed by atoms with E-state index >= 15 is 0 Å². The van der Waals surface area contributed by atoms with E-state index in [4.69, 9.17) is 11.6 Å². The molecule has 1 heterocycles. The summed E-state index contributed by atoms with van der Waals surface area (Å²) in [5, 5.41) is 0.550. The molecule has 0 amide bonds. The first kappa shape index (κ1) is 10.3. The molecule has 0 radical (unpaired) electrons. The van der Waals surface area contributed by atoms with Crippen LogP contribution in [0.15, 0.2) is 6.33 Å². The van der Waals surface area contributed by atoms with E-state index in [2.05, 4.69) is 23.8 Å². The smallest absolute Gasteiger partial charge is 0.138 e. The fourth-order valence-electron chi connectivity index (χ4n) is 1.22. The summed E-state index contributed by atoms with van der Waals surface area (Å²) < 4.78 is 0. The van der Waals surface area contributed by atoms with Gasteiger partial charge in [-0.1, -0.05) is 25.4 Å². The lowest BCUT2D eigenvalue weighted by molar-refractivity contribution is 0.834. The summed E-state index contributed by atoms with van der Waals surface area (Å²) in [6.45, 7) is 4.16. The SMILES string of the molecule is CC(C)c1c(Cl)ncnc1N(C)C. The lowest BCUT2D eigenvalue weighted by atomic mass is 10.1. The van der Waals surface area contributed by atoms with Crippen molar-refractivity contribution in [3.8, 4) is 0 Å². The van der Waals surface area contributed by atoms with Crippen LogP contribution in [0.5, 0.6) is 0 Å². The Kier molecular flexibility index (Phi) is 3.09. The van der Waals surface area contributed by atoms with Gasteiger partial charge in [0, 0.05) is 19.7 Å². The van der Waals surface area contributed by atoms with Gasteiger partial charge in [0.15, 0.2) is 0 Å². The monoisotopic (exact) mass is 199 g/mol. The molecule has 0 aromatic carbocycles. The van der Waals surface area contributed by atoms with Gasteiger partial charge in [-0.15, -0.1) is 0 Å². The van der Waals surface area contributed by atoms with Crippen LogP contribution in [0.25, 0.3) is 0 Å². The van der Waals surface area contributed by atoms with E-state index in [-0.39, 0.29) is 0 Å². The molecule has 0 N–H and O–H groups in total. The van der Waals surface area contributed by atoms with Crippen LogP contribution >= 0.6 is 11.6 Å². The molecular formula is C9H14ClN3. The van der Waals surface area contributed by atoms with Crippen LogP contribution in [0.4, 0.5) is 5.82 Å². The average Bonchev–Trinajstić information content (AvgIpc) is 2.02. The fraction of sp³-hybridized carbons (Fsp3) is 0.556. The van der Waals surface area contributed by atoms with E-state index in [1.54, 1.807) is 0 Å². The van der Waals surface area contributed by atoms with Crippen molar-refractivity contribution in [3.05, 3.63) is 17.0 Å². The molecule has 0 saturated carbocycles. The molecule has 0 aliphatic rings. The topological polar surface area (TPSA) is 29.0 Å². The van der Waals surface area contributed by atoms with Crippen molar-refractivity contribution in [1.82, 2.24) is 9.97 Å². The Labute approximate surface area is 83.8 Å². The first-order valence-corrected chi connectivity index (χ1v) is 4.59. The number of hydrogen-bond acceptors (Lipinski definition) is 3. The highest BCUT2D eigenvalue weighted by molar-refractivity contribution is 6.30. The van der Waals surface area contributed by atoms with Gasteiger partial charge in [-0.25, -0.2) is 9.97 Å². The standard InChI is InChI=1S/C9H14ClN3/c1-6(2)7-8(10)11-5-12-9(7)13(3)4/h5-6H,1-4H3. The van der Waals surface area contributed by atoms with E-state index in [9.17, 15) is 0 Å². The Balaban J connectivity index is 3.26. The second-order valence-electron chi connectivity index (χ2n) is 3.45. The van der Waals surface area contributed by atoms with Gasteiger partial charge < -0.3 is 4.90 Å². The molecule has 72 valence electrons. The molecule has 0 spiro atoms. The van der Waals surface area contributed by atoms with Crippen molar-refractivity contribution in [2.75, 3.05) is 19.0 Å². The highest BCUT2D eigenvalue weighted by Gasteiger charge is 2.14. The maximum absolute atomic E-state index is 5.99. The molecule has 1 aromatic heterocycles. The van der Waals surface area contributed by atoms with E-state index in [1.165, 1.54) is 6.33 Å². The zero-order chi connectivity index (χ0) is 10.0. The average molecular weight is 200 g/mol. The number of halogens is 1. The highest BCUT2D eigenvalue weighted by Crippen LogP contribution is 2.28. The van der Waals surface area contributed by atoms with Crippen LogP contribution in [0.2, 0.25) is 5.15 Å². The summed E-state index contributed by atoms with van der Waals surface area (Å²) >= 11 is 5.99. The van der Waals surface area contributed by atoms with E-state index in [1.807, 2.05) is 19.0 Å². The summed E-state index contributed by atoms with van der Waals surface area (Å²) in [5.74, 6) is 1.24. The molecule has 0 aliphatic heterocycles. The fourth-order valence-corrected chi connectivity index (χ4v) is 1.56. The Hall–Kier alpha value is -0.830. The lowest BCUT2D eigenvalue weighted by Gasteiger charge is -2.18. The van der Waals surface area contributed by atoms with Crippen molar-refractivity contribution in [1.29, 1.82) is 0 Å². The van der Waals surface area contributed by atoms with Gasteiger partial charge in [0.1, 0.15) is 17.3 Å². The summed E-state index contributed by atoms with van der Waals surface area (Å²) in [5.41, 5.74) is 1.01. The van der Waals surface area contributed by atoms with Gasteiger partial charge >= 0.3 is 0 Å². The van der Waals surface area contributed by atoms with Gasteiger partial charge in [-0.2, -0.15) is 0 Å². The van der Waals surface area contributed by atoms with Crippen LogP contribution in [-0.4, -0.2) is 24.1 Å². The molecule has 0 fully saturated rings. The number of rotatable bonds is 2. The Morgan fingerprint density at radius 2 is 1.92 bits per heavy atom. The van der Waals surface area contributed by atoms with Crippen molar-refractivity contribution in [3.63, 3.8) is 0 Å². The van der Waals surface area contributed by atoms with Crippen molar-refractivity contribution in [2.45, 2.75) is 19.8 Å². The highest BCUT2D eigenvalue weighted by atomic mass is 35.5. The Morgan fingerprint density at radius 1 is 1.31 bits per heavy atom. The molecular weight excluding hydrogens is 186 g/mol. The molecule has 0 aliphatic carbocycles. The number of anilines is 1. The maximum Gasteiger partial charge on any atom is 0.138 e. The van der Waals surface area contributed by atoms with Crippen LogP contribution < -0.4 is 4.90 Å². The van der Waals surface area contributed by atoms with Crippen molar-refractivity contribution in [2.24, 2.45) is 0 Å². The van der Waals surface area contributed by atoms with Gasteiger partial charge in [0.05, 0.1) is 0 Å². The Bertz CT molecular complexity index is 297. The third-order valence-corrected chi connectivity index (χ3v) is 2.12. The molecule has 0 saturated heterocycles. The minimum atomic E-state index is 0.339. The molecule has 3 nitrogen and oxygen atoms in total. The molecule has 1 aromatic rings. The van der Waals surface area contributed by atoms with Gasteiger partial charge in [-0.3, -0.25) is 0 Å². The Morgan fingerprint density at radius 3 is 2.31 bits per heavy atom. The van der Waals surface area contributed by atoms with Gasteiger partial charge in [-0.05, 0) is 5.92 Å². The predicted molar refractivity (Wildman–Crippen MR) is 55.5 cm³/mol. The van der Waals surface area contributed by atoms with Crippen LogP contribution in [0.1, 0.15) is 25.3 Å². The lowest BCUT2D eigenvalue weighted by Crippen LogP contribution is -2.14. The summed E-state index contributed by atoms with van der Waals surface area (Å²) in [6.07, 6.45) is 1.49. The molecule has 4 heteroatoms. The van der Waals surface area contributed by atoms with Crippen LogP contribution in [-0.2, 0) is 0 Å². The van der Waals surface area contributed by atoms with Gasteiger partial charge in [0.25, 0.3) is 0 Å². The molecule has 0 atom stereocenters. The summed E-state index contributed by atoms with van der Waals surface area (Å²) in [7, 11) is 3.90. The summed E-state index contributed by atoms with van der Waals surface area (Å²) in [6, 6.07) is 0. The quantitative estimate of drug-likeness (QED) is 0.685. The number of nitrogens with zero attached hydrogens (tertiary/aromatic N) is 3. The van der Waals surface area contributed by atoms with E-state index in [0.29, 0.717) is 11.1 Å². The minimum absolute atomic E-state index is 0.339. The third-order valence-electron chi connectivity index (χ3n) is 1.82. The number of hydrogen-bond donors (Lipinski definition) is 0. The molecule has 0 unspecified atom stereocenters. The van der Waals surface area contributed by atoms with Gasteiger partial charge in [0.2, 0.25) is 0 Å². The minimum Gasteiger partial charge on any atom is -0.362 e. The largest absolute Gasteiger partial charge is 0.362 e. The second kappa shape index (κ2) is 3.92. The van der Waals surface area contributed by atoms with Crippen molar-refractivity contribution >= 4 is 17.4 Å². The van der Waals surface area contributed by atoms with Crippen molar-refractivity contribution < 1.29 is 0 Å². The molecule has 1 rings (SSSR count). The molecule has 0 bridgehead atoms. The third kappa shape index (κ3) is 2.10. The first-order chi connectivity index (χ1) is 6.04. The number of aromatic nitrogens is 2. The zero-order valence-electron chi connectivity index (χ0n) is 8.37. The first-order valence-electron chi connectivity index (χ1n) is 4.21. The normalized spacial score (nSPS) is 10.6. The maximum atomic E-state index is 5.99. The second-order valence-corrected chi connectivity index (χ2v) is 3.81. The van der Waals surface area contributed by atoms with Crippen LogP contribution in [0, 0.1) is 0 Å². The predicted octanol–water partition coefficient (Wildman–Crippen LogP) is 2.32. The summed E-state index contributed by atoms with van der Waals surface area (Å²) in [4.78, 5) is 10.1.